The SMILES string of the molecule is CC(=O)N1CCC2(C(=O)Nc3ccc(Oc4ccccc4)cc3)CC2C1. The number of carbonyl (C=O) groups is 2. The van der Waals surface area contributed by atoms with E-state index in [4.69, 9.17) is 4.74 Å². The number of piperidine rings is 1. The minimum absolute atomic E-state index is 0.0717. The van der Waals surface area contributed by atoms with Gasteiger partial charge in [-0.3, -0.25) is 9.59 Å². The fourth-order valence-electron chi connectivity index (χ4n) is 3.78. The number of amides is 2. The molecule has 2 aliphatic rings. The van der Waals surface area contributed by atoms with Crippen LogP contribution in [-0.4, -0.2) is 29.8 Å². The van der Waals surface area contributed by atoms with E-state index >= 15 is 0 Å². The molecule has 0 radical (unpaired) electrons. The van der Waals surface area contributed by atoms with Gasteiger partial charge in [0.15, 0.2) is 0 Å². The predicted molar refractivity (Wildman–Crippen MR) is 99.0 cm³/mol. The van der Waals surface area contributed by atoms with Gasteiger partial charge in [0, 0.05) is 25.7 Å². The predicted octanol–water partition coefficient (Wildman–Crippen LogP) is 3.68. The first-order valence-electron chi connectivity index (χ1n) is 8.97. The van der Waals surface area contributed by atoms with Crippen molar-refractivity contribution in [2.75, 3.05) is 18.4 Å². The first kappa shape index (κ1) is 16.6. The highest BCUT2D eigenvalue weighted by Gasteiger charge is 2.61. The molecule has 2 aromatic rings. The van der Waals surface area contributed by atoms with Gasteiger partial charge in [-0.25, -0.2) is 0 Å². The van der Waals surface area contributed by atoms with Gasteiger partial charge in [0.1, 0.15) is 11.5 Å². The van der Waals surface area contributed by atoms with Crippen LogP contribution in [-0.2, 0) is 9.59 Å². The maximum atomic E-state index is 12.7. The molecule has 2 fully saturated rings. The molecule has 1 N–H and O–H groups in total. The van der Waals surface area contributed by atoms with Crippen molar-refractivity contribution in [3.05, 3.63) is 54.6 Å². The first-order chi connectivity index (χ1) is 12.6. The van der Waals surface area contributed by atoms with Crippen LogP contribution < -0.4 is 10.1 Å². The summed E-state index contributed by atoms with van der Waals surface area (Å²) in [5.41, 5.74) is 0.481. The molecule has 2 aromatic carbocycles. The van der Waals surface area contributed by atoms with Crippen molar-refractivity contribution < 1.29 is 14.3 Å². The van der Waals surface area contributed by atoms with E-state index in [1.54, 1.807) is 6.92 Å². The molecule has 134 valence electrons. The molecule has 5 nitrogen and oxygen atoms in total. The zero-order valence-corrected chi connectivity index (χ0v) is 14.8. The number of fused-ring (bicyclic) bond motifs is 1. The summed E-state index contributed by atoms with van der Waals surface area (Å²) in [5.74, 6) is 1.97. The fraction of sp³-hybridized carbons (Fsp3) is 0.333. The number of nitrogens with one attached hydrogen (secondary N) is 1. The standard InChI is InChI=1S/C21H22N2O3/c1-15(24)23-12-11-21(13-16(21)14-23)20(25)22-17-7-9-19(10-8-17)26-18-5-3-2-4-6-18/h2-10,16H,11-14H2,1H3,(H,22,25). The third kappa shape index (κ3) is 3.17. The van der Waals surface area contributed by atoms with Crippen molar-refractivity contribution >= 4 is 17.5 Å². The number of ether oxygens (including phenoxy) is 1. The van der Waals surface area contributed by atoms with E-state index in [1.165, 1.54) is 0 Å². The zero-order valence-electron chi connectivity index (χ0n) is 14.8. The van der Waals surface area contributed by atoms with Gasteiger partial charge < -0.3 is 15.0 Å². The molecular weight excluding hydrogens is 328 g/mol. The Morgan fingerprint density at radius 2 is 1.77 bits per heavy atom. The van der Waals surface area contributed by atoms with Crippen LogP contribution in [0.3, 0.4) is 0 Å². The lowest BCUT2D eigenvalue weighted by molar-refractivity contribution is -0.132. The molecule has 0 aromatic heterocycles. The smallest absolute Gasteiger partial charge is 0.231 e. The Bertz CT molecular complexity index is 819. The Morgan fingerprint density at radius 3 is 2.42 bits per heavy atom. The van der Waals surface area contributed by atoms with Crippen LogP contribution in [0.1, 0.15) is 19.8 Å². The van der Waals surface area contributed by atoms with Crippen LogP contribution in [0, 0.1) is 11.3 Å². The fourth-order valence-corrected chi connectivity index (χ4v) is 3.78. The molecule has 1 aliphatic carbocycles. The molecule has 4 rings (SSSR count). The minimum atomic E-state index is -0.287. The van der Waals surface area contributed by atoms with E-state index < -0.39 is 0 Å². The van der Waals surface area contributed by atoms with Gasteiger partial charge >= 0.3 is 0 Å². The lowest BCUT2D eigenvalue weighted by Crippen LogP contribution is -2.41. The third-order valence-corrected chi connectivity index (χ3v) is 5.49. The summed E-state index contributed by atoms with van der Waals surface area (Å²) in [6.45, 7) is 2.96. The van der Waals surface area contributed by atoms with E-state index in [9.17, 15) is 9.59 Å². The second-order valence-corrected chi connectivity index (χ2v) is 7.17. The number of hydrogen-bond donors (Lipinski definition) is 1. The summed E-state index contributed by atoms with van der Waals surface area (Å²) in [6.07, 6.45) is 1.62. The highest BCUT2D eigenvalue weighted by atomic mass is 16.5. The molecule has 1 aliphatic heterocycles. The van der Waals surface area contributed by atoms with Crippen LogP contribution in [0.25, 0.3) is 0 Å². The molecule has 5 heteroatoms. The van der Waals surface area contributed by atoms with E-state index in [1.807, 2.05) is 59.5 Å². The third-order valence-electron chi connectivity index (χ3n) is 5.49. The Morgan fingerprint density at radius 1 is 1.08 bits per heavy atom. The molecular formula is C21H22N2O3. The van der Waals surface area contributed by atoms with Gasteiger partial charge in [-0.1, -0.05) is 18.2 Å². The maximum absolute atomic E-state index is 12.7. The number of anilines is 1. The molecule has 0 bridgehead atoms. The van der Waals surface area contributed by atoms with Crippen LogP contribution in [0.2, 0.25) is 0 Å². The van der Waals surface area contributed by atoms with Crippen LogP contribution >= 0.6 is 0 Å². The van der Waals surface area contributed by atoms with E-state index in [0.29, 0.717) is 19.0 Å². The van der Waals surface area contributed by atoms with Crippen LogP contribution in [0.5, 0.6) is 11.5 Å². The van der Waals surface area contributed by atoms with E-state index in [-0.39, 0.29) is 17.2 Å². The van der Waals surface area contributed by atoms with Gasteiger partial charge in [-0.2, -0.15) is 0 Å². The monoisotopic (exact) mass is 350 g/mol. The van der Waals surface area contributed by atoms with Crippen molar-refractivity contribution in [1.82, 2.24) is 4.90 Å². The highest BCUT2D eigenvalue weighted by Crippen LogP contribution is 2.58. The van der Waals surface area contributed by atoms with Crippen molar-refractivity contribution in [3.8, 4) is 11.5 Å². The second kappa shape index (κ2) is 6.48. The topological polar surface area (TPSA) is 58.6 Å². The Kier molecular flexibility index (Phi) is 4.15. The average Bonchev–Trinajstić information content (AvgIpc) is 3.39. The van der Waals surface area contributed by atoms with Gasteiger partial charge in [-0.05, 0) is 55.2 Å². The van der Waals surface area contributed by atoms with E-state index in [0.717, 1.165) is 30.0 Å². The normalized spacial score (nSPS) is 23.7. The summed E-state index contributed by atoms with van der Waals surface area (Å²) >= 11 is 0. The summed E-state index contributed by atoms with van der Waals surface area (Å²) in [5, 5.41) is 3.03. The quantitative estimate of drug-likeness (QED) is 0.915. The van der Waals surface area contributed by atoms with Crippen molar-refractivity contribution in [3.63, 3.8) is 0 Å². The summed E-state index contributed by atoms with van der Waals surface area (Å²) in [4.78, 5) is 26.1. The van der Waals surface area contributed by atoms with Crippen molar-refractivity contribution in [1.29, 1.82) is 0 Å². The Hall–Kier alpha value is -2.82. The Balaban J connectivity index is 1.36. The number of benzene rings is 2. The van der Waals surface area contributed by atoms with Crippen LogP contribution in [0.15, 0.2) is 54.6 Å². The number of para-hydroxylation sites is 1. The largest absolute Gasteiger partial charge is 0.457 e. The molecule has 26 heavy (non-hydrogen) atoms. The van der Waals surface area contributed by atoms with Gasteiger partial charge in [0.2, 0.25) is 11.8 Å². The molecule has 2 amide bonds. The first-order valence-corrected chi connectivity index (χ1v) is 8.97. The molecule has 1 heterocycles. The highest BCUT2D eigenvalue weighted by molar-refractivity contribution is 5.98. The van der Waals surface area contributed by atoms with Gasteiger partial charge in [-0.15, -0.1) is 0 Å². The lowest BCUT2D eigenvalue weighted by atomic mass is 9.94. The number of nitrogens with zero attached hydrogens (tertiary/aromatic N) is 1. The summed E-state index contributed by atoms with van der Waals surface area (Å²) in [6, 6.07) is 17.0. The van der Waals surface area contributed by atoms with Gasteiger partial charge in [0.25, 0.3) is 0 Å². The number of rotatable bonds is 4. The molecule has 1 saturated carbocycles. The van der Waals surface area contributed by atoms with Crippen LogP contribution in [0.4, 0.5) is 5.69 Å². The second-order valence-electron chi connectivity index (χ2n) is 7.17. The molecule has 1 saturated heterocycles. The minimum Gasteiger partial charge on any atom is -0.457 e. The molecule has 2 atom stereocenters. The average molecular weight is 350 g/mol. The molecule has 2 unspecified atom stereocenters. The van der Waals surface area contributed by atoms with E-state index in [2.05, 4.69) is 5.32 Å². The summed E-state index contributed by atoms with van der Waals surface area (Å²) < 4.78 is 5.77. The molecule has 0 spiro atoms. The Labute approximate surface area is 153 Å². The lowest BCUT2D eigenvalue weighted by Gasteiger charge is -2.30. The summed E-state index contributed by atoms with van der Waals surface area (Å²) in [7, 11) is 0. The van der Waals surface area contributed by atoms with Crippen molar-refractivity contribution in [2.24, 2.45) is 11.3 Å². The van der Waals surface area contributed by atoms with Gasteiger partial charge in [0.05, 0.1) is 5.41 Å². The number of carbonyl (C=O) groups excluding carboxylic acids is 2. The van der Waals surface area contributed by atoms with Crippen molar-refractivity contribution in [2.45, 2.75) is 19.8 Å². The zero-order chi connectivity index (χ0) is 18.1. The number of hydrogen-bond acceptors (Lipinski definition) is 3. The maximum Gasteiger partial charge on any atom is 0.231 e. The number of likely N-dealkylation sites (tertiary alicyclic amines) is 1.